The first-order valence-electron chi connectivity index (χ1n) is 5.71. The highest BCUT2D eigenvalue weighted by Gasteiger charge is 2.28. The first-order valence-corrected chi connectivity index (χ1v) is 5.71. The van der Waals surface area contributed by atoms with Gasteiger partial charge in [-0.05, 0) is 30.8 Å². The van der Waals surface area contributed by atoms with Gasteiger partial charge in [-0.25, -0.2) is 0 Å². The highest BCUT2D eigenvalue weighted by atomic mass is 16.2. The molecule has 86 valence electrons. The van der Waals surface area contributed by atoms with E-state index >= 15 is 0 Å². The lowest BCUT2D eigenvalue weighted by molar-refractivity contribution is -0.127. The molecular weight excluding hydrogens is 188 g/mol. The number of rotatable bonds is 3. The zero-order valence-electron chi connectivity index (χ0n) is 9.78. The van der Waals surface area contributed by atoms with Gasteiger partial charge in [-0.2, -0.15) is 0 Å². The quantitative estimate of drug-likeness (QED) is 0.716. The van der Waals surface area contributed by atoms with Crippen LogP contribution in [0, 0.1) is 11.8 Å². The molecule has 2 unspecified atom stereocenters. The van der Waals surface area contributed by atoms with E-state index in [1.807, 2.05) is 0 Å². The summed E-state index contributed by atoms with van der Waals surface area (Å²) >= 11 is 0. The number of piperidine rings is 1. The number of nitrogens with zero attached hydrogens (tertiary/aromatic N) is 1. The molecule has 0 saturated carbocycles. The molecule has 0 aliphatic carbocycles. The van der Waals surface area contributed by atoms with Gasteiger partial charge in [0.25, 0.3) is 0 Å². The molecule has 1 aliphatic rings. The maximum absolute atomic E-state index is 11.4. The number of hydrogen-bond donors (Lipinski definition) is 1. The van der Waals surface area contributed by atoms with Crippen LogP contribution in [0.1, 0.15) is 26.7 Å². The van der Waals surface area contributed by atoms with E-state index in [-0.39, 0.29) is 11.9 Å². The normalized spacial score (nSPS) is 26.8. The Morgan fingerprint density at radius 1 is 1.67 bits per heavy atom. The molecule has 15 heavy (non-hydrogen) atoms. The summed E-state index contributed by atoms with van der Waals surface area (Å²) < 4.78 is 0. The van der Waals surface area contributed by atoms with Crippen LogP contribution in [-0.4, -0.2) is 29.9 Å². The van der Waals surface area contributed by atoms with Gasteiger partial charge in [0.2, 0.25) is 5.91 Å². The van der Waals surface area contributed by atoms with Crippen molar-refractivity contribution in [3.8, 4) is 0 Å². The lowest BCUT2D eigenvalue weighted by Gasteiger charge is -2.37. The number of nitrogens with two attached hydrogens (primary N) is 1. The Bertz CT molecular complexity index is 238. The molecule has 3 heteroatoms. The van der Waals surface area contributed by atoms with Crippen molar-refractivity contribution in [3.05, 3.63) is 12.7 Å². The van der Waals surface area contributed by atoms with E-state index in [4.69, 9.17) is 5.73 Å². The maximum Gasteiger partial charge on any atom is 0.246 e. The summed E-state index contributed by atoms with van der Waals surface area (Å²) in [7, 11) is 0. The van der Waals surface area contributed by atoms with E-state index in [1.54, 1.807) is 4.90 Å². The van der Waals surface area contributed by atoms with Crippen molar-refractivity contribution in [2.75, 3.05) is 13.1 Å². The first kappa shape index (κ1) is 12.2. The molecule has 0 aromatic rings. The Morgan fingerprint density at radius 2 is 2.33 bits per heavy atom. The van der Waals surface area contributed by atoms with Crippen LogP contribution in [0.5, 0.6) is 0 Å². The Balaban J connectivity index is 2.47. The Labute approximate surface area is 92.3 Å². The number of likely N-dealkylation sites (tertiary alicyclic amines) is 1. The highest BCUT2D eigenvalue weighted by molar-refractivity contribution is 5.87. The fourth-order valence-corrected chi connectivity index (χ4v) is 2.26. The monoisotopic (exact) mass is 210 g/mol. The predicted molar refractivity (Wildman–Crippen MR) is 62.3 cm³/mol. The van der Waals surface area contributed by atoms with Crippen molar-refractivity contribution in [2.45, 2.75) is 32.7 Å². The van der Waals surface area contributed by atoms with Crippen molar-refractivity contribution in [1.82, 2.24) is 4.90 Å². The molecule has 1 rings (SSSR count). The minimum Gasteiger partial charge on any atom is -0.338 e. The van der Waals surface area contributed by atoms with Crippen molar-refractivity contribution in [1.29, 1.82) is 0 Å². The highest BCUT2D eigenvalue weighted by Crippen LogP contribution is 2.23. The number of hydrogen-bond acceptors (Lipinski definition) is 2. The smallest absolute Gasteiger partial charge is 0.246 e. The third-order valence-corrected chi connectivity index (χ3v) is 3.07. The fraction of sp³-hybridized carbons (Fsp3) is 0.750. The van der Waals surface area contributed by atoms with Crippen LogP contribution in [0.2, 0.25) is 0 Å². The Kier molecular flexibility index (Phi) is 4.33. The van der Waals surface area contributed by atoms with Crippen LogP contribution < -0.4 is 5.73 Å². The van der Waals surface area contributed by atoms with Crippen LogP contribution in [0.15, 0.2) is 12.7 Å². The largest absolute Gasteiger partial charge is 0.338 e. The van der Waals surface area contributed by atoms with Gasteiger partial charge in [0.15, 0.2) is 0 Å². The van der Waals surface area contributed by atoms with E-state index in [2.05, 4.69) is 20.4 Å². The van der Waals surface area contributed by atoms with Gasteiger partial charge in [-0.3, -0.25) is 4.79 Å². The molecule has 2 atom stereocenters. The Hall–Kier alpha value is -0.830. The molecule has 1 heterocycles. The van der Waals surface area contributed by atoms with Gasteiger partial charge >= 0.3 is 0 Å². The predicted octanol–water partition coefficient (Wildman–Crippen LogP) is 1.39. The molecule has 0 aromatic carbocycles. The van der Waals surface area contributed by atoms with Gasteiger partial charge < -0.3 is 10.6 Å². The second kappa shape index (κ2) is 5.31. The number of carbonyl (C=O) groups excluding carboxylic acids is 1. The van der Waals surface area contributed by atoms with E-state index < -0.39 is 0 Å². The van der Waals surface area contributed by atoms with E-state index in [0.717, 1.165) is 19.4 Å². The van der Waals surface area contributed by atoms with Crippen LogP contribution >= 0.6 is 0 Å². The average molecular weight is 210 g/mol. The fourth-order valence-electron chi connectivity index (χ4n) is 2.26. The topological polar surface area (TPSA) is 46.3 Å². The van der Waals surface area contributed by atoms with Crippen molar-refractivity contribution < 1.29 is 4.79 Å². The second-order valence-electron chi connectivity index (χ2n) is 4.83. The average Bonchev–Trinajstić information content (AvgIpc) is 2.19. The summed E-state index contributed by atoms with van der Waals surface area (Å²) in [5.74, 6) is 1.26. The second-order valence-corrected chi connectivity index (χ2v) is 4.83. The summed E-state index contributed by atoms with van der Waals surface area (Å²) in [4.78, 5) is 13.2. The van der Waals surface area contributed by atoms with E-state index in [0.29, 0.717) is 18.4 Å². The van der Waals surface area contributed by atoms with Gasteiger partial charge in [-0.15, -0.1) is 0 Å². The molecule has 0 aromatic heterocycles. The standard InChI is InChI=1S/C12H22N2O/c1-4-12(15)14-6-5-10(7-9(2)3)11(13)8-14/h4,9-11H,1,5-8,13H2,2-3H3. The summed E-state index contributed by atoms with van der Waals surface area (Å²) in [6.07, 6.45) is 3.56. The van der Waals surface area contributed by atoms with Crippen LogP contribution in [0.4, 0.5) is 0 Å². The molecule has 1 aliphatic heterocycles. The summed E-state index contributed by atoms with van der Waals surface area (Å²) in [5, 5.41) is 0. The van der Waals surface area contributed by atoms with Crippen LogP contribution in [0.3, 0.4) is 0 Å². The minimum absolute atomic E-state index is 0.00782. The van der Waals surface area contributed by atoms with Crippen molar-refractivity contribution >= 4 is 5.91 Å². The first-order chi connectivity index (χ1) is 7.04. The summed E-state index contributed by atoms with van der Waals surface area (Å²) in [5.41, 5.74) is 6.08. The van der Waals surface area contributed by atoms with Gasteiger partial charge in [0.05, 0.1) is 0 Å². The minimum atomic E-state index is 0.00782. The van der Waals surface area contributed by atoms with Crippen molar-refractivity contribution in [3.63, 3.8) is 0 Å². The maximum atomic E-state index is 11.4. The molecular formula is C12H22N2O. The zero-order chi connectivity index (χ0) is 11.4. The van der Waals surface area contributed by atoms with Gasteiger partial charge in [0.1, 0.15) is 0 Å². The molecule has 3 nitrogen and oxygen atoms in total. The zero-order valence-corrected chi connectivity index (χ0v) is 9.78. The summed E-state index contributed by atoms with van der Waals surface area (Å²) in [6, 6.07) is 0.130. The molecule has 1 fully saturated rings. The van der Waals surface area contributed by atoms with Crippen molar-refractivity contribution in [2.24, 2.45) is 17.6 Å². The lowest BCUT2D eigenvalue weighted by Crippen LogP contribution is -2.50. The molecule has 2 N–H and O–H groups in total. The van der Waals surface area contributed by atoms with Crippen LogP contribution in [-0.2, 0) is 4.79 Å². The third-order valence-electron chi connectivity index (χ3n) is 3.07. The molecule has 1 amide bonds. The third kappa shape index (κ3) is 3.34. The molecule has 0 spiro atoms. The molecule has 0 radical (unpaired) electrons. The summed E-state index contributed by atoms with van der Waals surface area (Å²) in [6.45, 7) is 9.44. The molecule has 0 bridgehead atoms. The van der Waals surface area contributed by atoms with E-state index in [1.165, 1.54) is 6.08 Å². The molecule has 1 saturated heterocycles. The van der Waals surface area contributed by atoms with Gasteiger partial charge in [-0.1, -0.05) is 20.4 Å². The van der Waals surface area contributed by atoms with E-state index in [9.17, 15) is 4.79 Å². The number of carbonyl (C=O) groups is 1. The SMILES string of the molecule is C=CC(=O)N1CCC(CC(C)C)C(N)C1. The van der Waals surface area contributed by atoms with Crippen LogP contribution in [0.25, 0.3) is 0 Å². The lowest BCUT2D eigenvalue weighted by atomic mass is 9.85. The number of amides is 1. The Morgan fingerprint density at radius 3 is 2.80 bits per heavy atom. The van der Waals surface area contributed by atoms with Gasteiger partial charge in [0, 0.05) is 19.1 Å².